The van der Waals surface area contributed by atoms with Crippen LogP contribution in [0.25, 0.3) is 0 Å². The average molecular weight is 272 g/mol. The van der Waals surface area contributed by atoms with Crippen molar-refractivity contribution in [3.63, 3.8) is 0 Å². The van der Waals surface area contributed by atoms with E-state index in [4.69, 9.17) is 16.9 Å². The van der Waals surface area contributed by atoms with Crippen molar-refractivity contribution in [2.75, 3.05) is 11.9 Å². The maximum absolute atomic E-state index is 13.7. The fraction of sp³-hybridized carbons (Fsp3) is 0.500. The molecule has 1 atom stereocenters. The van der Waals surface area contributed by atoms with Crippen LogP contribution in [-0.2, 0) is 0 Å². The van der Waals surface area contributed by atoms with Gasteiger partial charge in [0.05, 0.1) is 12.2 Å². The van der Waals surface area contributed by atoms with Crippen molar-refractivity contribution in [3.05, 3.63) is 22.6 Å². The molecule has 2 N–H and O–H groups in total. The molecule has 0 bridgehead atoms. The number of anilines is 1. The smallest absolute Gasteiger partial charge is 0.166 e. The predicted molar refractivity (Wildman–Crippen MR) is 67.9 cm³/mol. The molecule has 6 heteroatoms. The van der Waals surface area contributed by atoms with Crippen LogP contribution >= 0.6 is 11.6 Å². The van der Waals surface area contributed by atoms with E-state index in [2.05, 4.69) is 10.3 Å². The molecular formula is C12H15ClFN3O. The first kappa shape index (κ1) is 14.7. The molecule has 0 spiro atoms. The van der Waals surface area contributed by atoms with Crippen LogP contribution in [0.1, 0.15) is 26.3 Å². The van der Waals surface area contributed by atoms with E-state index in [1.54, 1.807) is 6.07 Å². The molecule has 98 valence electrons. The van der Waals surface area contributed by atoms with Gasteiger partial charge in [-0.2, -0.15) is 5.26 Å². The largest absolute Gasteiger partial charge is 0.396 e. The second-order valence-corrected chi connectivity index (χ2v) is 5.14. The second kappa shape index (κ2) is 5.51. The number of nitrogens with zero attached hydrogens (tertiary/aromatic N) is 2. The molecular weight excluding hydrogens is 257 g/mol. The Balaban J connectivity index is 3.00. The highest BCUT2D eigenvalue weighted by Crippen LogP contribution is 2.25. The molecule has 0 aromatic carbocycles. The molecule has 4 nitrogen and oxygen atoms in total. The summed E-state index contributed by atoms with van der Waals surface area (Å²) in [7, 11) is 0. The van der Waals surface area contributed by atoms with Gasteiger partial charge < -0.3 is 10.4 Å². The molecule has 1 aromatic rings. The zero-order chi connectivity index (χ0) is 13.9. The summed E-state index contributed by atoms with van der Waals surface area (Å²) in [4.78, 5) is 3.81. The van der Waals surface area contributed by atoms with Crippen molar-refractivity contribution in [2.45, 2.75) is 26.8 Å². The number of aromatic nitrogens is 1. The van der Waals surface area contributed by atoms with Gasteiger partial charge in [-0.1, -0.05) is 25.4 Å². The third kappa shape index (κ3) is 3.09. The lowest BCUT2D eigenvalue weighted by molar-refractivity contribution is 0.144. The van der Waals surface area contributed by atoms with Crippen molar-refractivity contribution >= 4 is 17.4 Å². The maximum Gasteiger partial charge on any atom is 0.166 e. The van der Waals surface area contributed by atoms with Gasteiger partial charge >= 0.3 is 0 Å². The topological polar surface area (TPSA) is 68.9 Å². The first-order chi connectivity index (χ1) is 8.31. The maximum atomic E-state index is 13.7. The summed E-state index contributed by atoms with van der Waals surface area (Å²) < 4.78 is 13.7. The van der Waals surface area contributed by atoms with E-state index in [0.29, 0.717) is 0 Å². The first-order valence-electron chi connectivity index (χ1n) is 5.45. The van der Waals surface area contributed by atoms with Gasteiger partial charge in [0.1, 0.15) is 11.2 Å². The Morgan fingerprint density at radius 1 is 1.67 bits per heavy atom. The second-order valence-electron chi connectivity index (χ2n) is 4.78. The van der Waals surface area contributed by atoms with Crippen molar-refractivity contribution in [2.24, 2.45) is 5.41 Å². The summed E-state index contributed by atoms with van der Waals surface area (Å²) in [5.41, 5.74) is -0.442. The lowest BCUT2D eigenvalue weighted by Gasteiger charge is -2.30. The molecule has 0 aliphatic carbocycles. The Labute approximate surface area is 110 Å². The average Bonchev–Trinajstić information content (AvgIpc) is 2.33. The Hall–Kier alpha value is -1.38. The minimum Gasteiger partial charge on any atom is -0.396 e. The van der Waals surface area contributed by atoms with E-state index in [1.165, 1.54) is 0 Å². The molecule has 1 rings (SSSR count). The summed E-state index contributed by atoms with van der Waals surface area (Å²) in [6.07, 6.45) is 0. The SMILES string of the molecule is CC(Nc1nc(Cl)c(C#N)cc1F)C(C)(C)CO. The number of rotatable bonds is 4. The molecule has 0 saturated carbocycles. The molecule has 1 aromatic heterocycles. The van der Waals surface area contributed by atoms with Crippen LogP contribution in [0.4, 0.5) is 10.2 Å². The lowest BCUT2D eigenvalue weighted by atomic mass is 9.86. The number of pyridine rings is 1. The van der Waals surface area contributed by atoms with Crippen LogP contribution in [-0.4, -0.2) is 22.7 Å². The molecule has 0 aliphatic rings. The molecule has 0 radical (unpaired) electrons. The van der Waals surface area contributed by atoms with Gasteiger partial charge in [0, 0.05) is 11.5 Å². The Bertz CT molecular complexity index is 485. The van der Waals surface area contributed by atoms with E-state index in [9.17, 15) is 9.50 Å². The molecule has 0 fully saturated rings. The summed E-state index contributed by atoms with van der Waals surface area (Å²) >= 11 is 5.74. The minimum absolute atomic E-state index is 0.00575. The zero-order valence-electron chi connectivity index (χ0n) is 10.5. The third-order valence-corrected chi connectivity index (χ3v) is 3.27. The number of nitrogens with one attached hydrogen (secondary N) is 1. The number of aliphatic hydroxyl groups excluding tert-OH is 1. The fourth-order valence-electron chi connectivity index (χ4n) is 1.18. The Kier molecular flexibility index (Phi) is 4.49. The summed E-state index contributed by atoms with van der Waals surface area (Å²) in [5, 5.41) is 20.7. The van der Waals surface area contributed by atoms with Crippen molar-refractivity contribution < 1.29 is 9.50 Å². The van der Waals surface area contributed by atoms with Gasteiger partial charge in [0.25, 0.3) is 0 Å². The van der Waals surface area contributed by atoms with Crippen LogP contribution in [0.15, 0.2) is 6.07 Å². The Morgan fingerprint density at radius 2 is 2.28 bits per heavy atom. The van der Waals surface area contributed by atoms with Crippen LogP contribution in [0.3, 0.4) is 0 Å². The van der Waals surface area contributed by atoms with Gasteiger partial charge in [-0.3, -0.25) is 0 Å². The fourth-order valence-corrected chi connectivity index (χ4v) is 1.36. The monoisotopic (exact) mass is 271 g/mol. The van der Waals surface area contributed by atoms with Crippen LogP contribution < -0.4 is 5.32 Å². The molecule has 1 heterocycles. The minimum atomic E-state index is -0.642. The van der Waals surface area contributed by atoms with E-state index in [1.807, 2.05) is 20.8 Å². The predicted octanol–water partition coefficient (Wildman–Crippen LogP) is 2.56. The molecule has 0 saturated heterocycles. The third-order valence-electron chi connectivity index (χ3n) is 2.98. The van der Waals surface area contributed by atoms with Crippen LogP contribution in [0, 0.1) is 22.6 Å². The number of halogens is 2. The van der Waals surface area contributed by atoms with E-state index >= 15 is 0 Å². The van der Waals surface area contributed by atoms with E-state index in [-0.39, 0.29) is 29.2 Å². The van der Waals surface area contributed by atoms with Gasteiger partial charge in [-0.15, -0.1) is 0 Å². The summed E-state index contributed by atoms with van der Waals surface area (Å²) in [6, 6.07) is 2.58. The summed E-state index contributed by atoms with van der Waals surface area (Å²) in [6.45, 7) is 5.44. The number of aliphatic hydroxyl groups is 1. The van der Waals surface area contributed by atoms with Gasteiger partial charge in [0.2, 0.25) is 0 Å². The quantitative estimate of drug-likeness (QED) is 0.826. The normalized spacial score (nSPS) is 12.9. The molecule has 0 aliphatic heterocycles. The molecule has 0 amide bonds. The van der Waals surface area contributed by atoms with E-state index < -0.39 is 11.2 Å². The molecule has 1 unspecified atom stereocenters. The number of hydrogen-bond donors (Lipinski definition) is 2. The standard InChI is InChI=1S/C12H15ClFN3O/c1-7(12(2,3)6-18)16-11-9(14)4-8(5-15)10(13)17-11/h4,7,18H,6H2,1-3H3,(H,16,17). The number of hydrogen-bond acceptors (Lipinski definition) is 4. The van der Waals surface area contributed by atoms with Gasteiger partial charge in [0.15, 0.2) is 11.6 Å². The first-order valence-corrected chi connectivity index (χ1v) is 5.83. The number of nitriles is 1. The van der Waals surface area contributed by atoms with Crippen LogP contribution in [0.5, 0.6) is 0 Å². The molecule has 18 heavy (non-hydrogen) atoms. The van der Waals surface area contributed by atoms with Gasteiger partial charge in [-0.25, -0.2) is 9.37 Å². The highest BCUT2D eigenvalue weighted by atomic mass is 35.5. The Morgan fingerprint density at radius 3 is 2.78 bits per heavy atom. The lowest BCUT2D eigenvalue weighted by Crippen LogP contribution is -2.37. The summed E-state index contributed by atoms with van der Waals surface area (Å²) in [5.74, 6) is -0.662. The van der Waals surface area contributed by atoms with Gasteiger partial charge in [-0.05, 0) is 13.0 Å². The van der Waals surface area contributed by atoms with E-state index in [0.717, 1.165) is 6.07 Å². The van der Waals surface area contributed by atoms with Crippen molar-refractivity contribution in [1.29, 1.82) is 5.26 Å². The van der Waals surface area contributed by atoms with Crippen molar-refractivity contribution in [1.82, 2.24) is 4.98 Å². The highest BCUT2D eigenvalue weighted by Gasteiger charge is 2.26. The zero-order valence-corrected chi connectivity index (χ0v) is 11.2. The van der Waals surface area contributed by atoms with Crippen molar-refractivity contribution in [3.8, 4) is 6.07 Å². The highest BCUT2D eigenvalue weighted by molar-refractivity contribution is 6.30. The van der Waals surface area contributed by atoms with Crippen LogP contribution in [0.2, 0.25) is 5.15 Å².